The fourth-order valence-corrected chi connectivity index (χ4v) is 1.78. The molecular weight excluding hydrogens is 227 g/mol. The molecule has 0 heterocycles. The van der Waals surface area contributed by atoms with Crippen molar-refractivity contribution in [2.75, 3.05) is 6.61 Å². The Bertz CT molecular complexity index is 206. The molecule has 0 spiro atoms. The average Bonchev–Trinajstić information content (AvgIpc) is 2.25. The molecule has 0 bridgehead atoms. The van der Waals surface area contributed by atoms with Gasteiger partial charge in [0.05, 0.1) is 0 Å². The van der Waals surface area contributed by atoms with Crippen molar-refractivity contribution in [3.63, 3.8) is 0 Å². The lowest BCUT2D eigenvalue weighted by Crippen LogP contribution is -2.04. The molecule has 1 N–H and O–H groups in total. The van der Waals surface area contributed by atoms with Crippen LogP contribution in [0.4, 0.5) is 0 Å². The number of Topliss-reactive ketones (excluding diaryl/α,β-unsaturated/α-hetero) is 1. The van der Waals surface area contributed by atoms with E-state index in [4.69, 9.17) is 4.89 Å². The maximum absolute atomic E-state index is 11.1. The van der Waals surface area contributed by atoms with Crippen molar-refractivity contribution >= 4 is 14.0 Å². The second kappa shape index (κ2) is 11.3. The quantitative estimate of drug-likeness (QED) is 0.452. The van der Waals surface area contributed by atoms with Crippen molar-refractivity contribution < 1.29 is 18.8 Å². The Morgan fingerprint density at radius 1 is 1.12 bits per heavy atom. The highest BCUT2D eigenvalue weighted by molar-refractivity contribution is 7.32. The summed E-state index contributed by atoms with van der Waals surface area (Å²) in [6, 6.07) is 0. The van der Waals surface area contributed by atoms with E-state index < -0.39 is 8.25 Å². The predicted octanol–water partition coefficient (Wildman–Crippen LogP) is 3.09. The number of hydrogen-bond acceptors (Lipinski definition) is 3. The molecule has 96 valence electrons. The van der Waals surface area contributed by atoms with Crippen LogP contribution in [0.1, 0.15) is 58.3 Å². The van der Waals surface area contributed by atoms with Gasteiger partial charge in [0.25, 0.3) is 0 Å². The molecule has 0 radical (unpaired) electrons. The van der Waals surface area contributed by atoms with Gasteiger partial charge >= 0.3 is 8.25 Å². The van der Waals surface area contributed by atoms with E-state index in [-0.39, 0.29) is 12.4 Å². The fourth-order valence-electron chi connectivity index (χ4n) is 1.49. The van der Waals surface area contributed by atoms with Gasteiger partial charge < -0.3 is 9.42 Å². The van der Waals surface area contributed by atoms with E-state index in [1.807, 2.05) is 0 Å². The standard InChI is InChI=1S/C11H23O4P/c1-2-3-4-5-6-7-8-9-11(12)10-15-16(13)14/h16H,2-10H2,1H3,(H,13,14). The summed E-state index contributed by atoms with van der Waals surface area (Å²) in [5.74, 6) is -0.0824. The number of ketones is 1. The zero-order valence-corrected chi connectivity index (χ0v) is 11.0. The van der Waals surface area contributed by atoms with Gasteiger partial charge in [0.1, 0.15) is 6.61 Å². The van der Waals surface area contributed by atoms with Crippen LogP contribution in [0.15, 0.2) is 0 Å². The van der Waals surface area contributed by atoms with Gasteiger partial charge in [-0.05, 0) is 6.42 Å². The van der Waals surface area contributed by atoms with Crippen LogP contribution in [-0.2, 0) is 13.9 Å². The molecule has 1 unspecified atom stereocenters. The van der Waals surface area contributed by atoms with E-state index in [0.29, 0.717) is 6.42 Å². The SMILES string of the molecule is CCCCCCCCCC(=O)CO[PH](=O)O. The highest BCUT2D eigenvalue weighted by Crippen LogP contribution is 2.14. The molecule has 0 saturated carbocycles. The maximum Gasteiger partial charge on any atom is 0.317 e. The molecule has 0 fully saturated rings. The second-order valence-electron chi connectivity index (χ2n) is 3.96. The monoisotopic (exact) mass is 250 g/mol. The summed E-state index contributed by atoms with van der Waals surface area (Å²) in [4.78, 5) is 19.5. The minimum Gasteiger partial charge on any atom is -0.326 e. The van der Waals surface area contributed by atoms with E-state index in [0.717, 1.165) is 12.8 Å². The van der Waals surface area contributed by atoms with Crippen molar-refractivity contribution in [2.45, 2.75) is 58.3 Å². The molecular formula is C11H23O4P. The predicted molar refractivity (Wildman–Crippen MR) is 64.8 cm³/mol. The maximum atomic E-state index is 11.1. The third-order valence-electron chi connectivity index (χ3n) is 2.42. The van der Waals surface area contributed by atoms with Crippen LogP contribution < -0.4 is 0 Å². The van der Waals surface area contributed by atoms with Crippen molar-refractivity contribution in [2.24, 2.45) is 0 Å². The second-order valence-corrected chi connectivity index (χ2v) is 4.79. The molecule has 0 aliphatic carbocycles. The molecule has 0 aromatic heterocycles. The number of unbranched alkanes of at least 4 members (excludes halogenated alkanes) is 6. The van der Waals surface area contributed by atoms with E-state index in [1.165, 1.54) is 32.1 Å². The lowest BCUT2D eigenvalue weighted by molar-refractivity contribution is -0.121. The first-order chi connectivity index (χ1) is 7.66. The molecule has 16 heavy (non-hydrogen) atoms. The van der Waals surface area contributed by atoms with E-state index in [2.05, 4.69) is 11.4 Å². The number of carbonyl (C=O) groups excluding carboxylic acids is 1. The van der Waals surface area contributed by atoms with Gasteiger partial charge in [-0.25, -0.2) is 0 Å². The minimum atomic E-state index is -2.95. The lowest BCUT2D eigenvalue weighted by Gasteiger charge is -2.01. The minimum absolute atomic E-state index is 0.0824. The van der Waals surface area contributed by atoms with Gasteiger partial charge in [0.15, 0.2) is 5.78 Å². The fraction of sp³-hybridized carbons (Fsp3) is 0.909. The molecule has 0 aliphatic heterocycles. The average molecular weight is 250 g/mol. The first-order valence-corrected chi connectivity index (χ1v) is 7.30. The summed E-state index contributed by atoms with van der Waals surface area (Å²) in [5.41, 5.74) is 0. The van der Waals surface area contributed by atoms with Crippen molar-refractivity contribution in [1.29, 1.82) is 0 Å². The molecule has 4 nitrogen and oxygen atoms in total. The van der Waals surface area contributed by atoms with Crippen LogP contribution in [0.3, 0.4) is 0 Å². The Balaban J connectivity index is 3.18. The third-order valence-corrected chi connectivity index (χ3v) is 2.81. The molecule has 0 aromatic rings. The molecule has 0 amide bonds. The van der Waals surface area contributed by atoms with Crippen molar-refractivity contribution in [3.8, 4) is 0 Å². The molecule has 0 saturated heterocycles. The van der Waals surface area contributed by atoms with Crippen LogP contribution in [0.25, 0.3) is 0 Å². The summed E-state index contributed by atoms with van der Waals surface area (Å²) >= 11 is 0. The first-order valence-electron chi connectivity index (χ1n) is 6.04. The number of carbonyl (C=O) groups is 1. The highest BCUT2D eigenvalue weighted by atomic mass is 31.1. The zero-order valence-electron chi connectivity index (χ0n) is 10.0. The van der Waals surface area contributed by atoms with Crippen LogP contribution in [0.5, 0.6) is 0 Å². The Hall–Kier alpha value is -0.180. The van der Waals surface area contributed by atoms with Crippen LogP contribution in [-0.4, -0.2) is 17.3 Å². The van der Waals surface area contributed by atoms with Gasteiger partial charge in [0.2, 0.25) is 0 Å². The highest BCUT2D eigenvalue weighted by Gasteiger charge is 2.03. The summed E-state index contributed by atoms with van der Waals surface area (Å²) in [6.45, 7) is 1.97. The first kappa shape index (κ1) is 15.8. The molecule has 0 rings (SSSR count). The summed E-state index contributed by atoms with van der Waals surface area (Å²) in [6.07, 6.45) is 8.61. The third kappa shape index (κ3) is 11.9. The van der Waals surface area contributed by atoms with Crippen LogP contribution >= 0.6 is 8.25 Å². The zero-order chi connectivity index (χ0) is 12.2. The van der Waals surface area contributed by atoms with Gasteiger partial charge in [0, 0.05) is 6.42 Å². The van der Waals surface area contributed by atoms with E-state index in [9.17, 15) is 9.36 Å². The number of rotatable bonds is 11. The largest absolute Gasteiger partial charge is 0.326 e. The number of hydrogen-bond donors (Lipinski definition) is 1. The Kier molecular flexibility index (Phi) is 11.2. The van der Waals surface area contributed by atoms with Gasteiger partial charge in [-0.3, -0.25) is 9.36 Å². The molecule has 0 aromatic carbocycles. The normalized spacial score (nSPS) is 12.6. The lowest BCUT2D eigenvalue weighted by atomic mass is 10.1. The molecule has 1 atom stereocenters. The Morgan fingerprint density at radius 3 is 2.25 bits per heavy atom. The molecule has 5 heteroatoms. The van der Waals surface area contributed by atoms with Crippen LogP contribution in [0, 0.1) is 0 Å². The van der Waals surface area contributed by atoms with E-state index in [1.54, 1.807) is 0 Å². The van der Waals surface area contributed by atoms with Gasteiger partial charge in [-0.1, -0.05) is 45.4 Å². The van der Waals surface area contributed by atoms with Gasteiger partial charge in [-0.2, -0.15) is 0 Å². The van der Waals surface area contributed by atoms with Crippen molar-refractivity contribution in [1.82, 2.24) is 0 Å². The Morgan fingerprint density at radius 2 is 1.69 bits per heavy atom. The summed E-state index contributed by atoms with van der Waals surface area (Å²) in [5, 5.41) is 0. The summed E-state index contributed by atoms with van der Waals surface area (Å²) < 4.78 is 14.6. The van der Waals surface area contributed by atoms with Crippen molar-refractivity contribution in [3.05, 3.63) is 0 Å². The van der Waals surface area contributed by atoms with E-state index >= 15 is 0 Å². The van der Waals surface area contributed by atoms with Crippen LogP contribution in [0.2, 0.25) is 0 Å². The smallest absolute Gasteiger partial charge is 0.317 e. The Labute approximate surface area is 98.3 Å². The van der Waals surface area contributed by atoms with Gasteiger partial charge in [-0.15, -0.1) is 0 Å². The molecule has 0 aliphatic rings. The topological polar surface area (TPSA) is 63.6 Å². The summed E-state index contributed by atoms with van der Waals surface area (Å²) in [7, 11) is -2.95.